The maximum absolute atomic E-state index is 11.9. The van der Waals surface area contributed by atoms with Gasteiger partial charge in [-0.3, -0.25) is 4.79 Å². The standard InChI is InChI=1S/C12H11N5OS/c1-2-14-12-17-16-11(19-12)10(18)15-9-5-3-8(7-13)4-6-9/h3-6H,2H2,1H3,(H,14,17)(H,15,18). The monoisotopic (exact) mass is 273 g/mol. The number of rotatable bonds is 4. The maximum Gasteiger partial charge on any atom is 0.286 e. The SMILES string of the molecule is CCNc1nnc(C(=O)Nc2ccc(C#N)cc2)s1. The zero-order valence-electron chi connectivity index (χ0n) is 10.2. The van der Waals surface area contributed by atoms with Crippen molar-refractivity contribution >= 4 is 28.1 Å². The molecule has 19 heavy (non-hydrogen) atoms. The second-order valence-corrected chi connectivity index (χ2v) is 4.56. The van der Waals surface area contributed by atoms with Gasteiger partial charge in [0.15, 0.2) is 0 Å². The first-order chi connectivity index (χ1) is 9.22. The lowest BCUT2D eigenvalue weighted by atomic mass is 10.2. The van der Waals surface area contributed by atoms with Crippen LogP contribution < -0.4 is 10.6 Å². The summed E-state index contributed by atoms with van der Waals surface area (Å²) in [7, 11) is 0. The van der Waals surface area contributed by atoms with Crippen molar-refractivity contribution in [1.29, 1.82) is 5.26 Å². The second kappa shape index (κ2) is 5.93. The molecule has 0 saturated heterocycles. The summed E-state index contributed by atoms with van der Waals surface area (Å²) in [5.74, 6) is -0.314. The summed E-state index contributed by atoms with van der Waals surface area (Å²) in [6.07, 6.45) is 0. The van der Waals surface area contributed by atoms with Crippen LogP contribution in [0.3, 0.4) is 0 Å². The van der Waals surface area contributed by atoms with E-state index in [1.807, 2.05) is 13.0 Å². The minimum atomic E-state index is -0.314. The molecule has 2 N–H and O–H groups in total. The number of nitrogens with zero attached hydrogens (tertiary/aromatic N) is 3. The summed E-state index contributed by atoms with van der Waals surface area (Å²) < 4.78 is 0. The van der Waals surface area contributed by atoms with Crippen LogP contribution in [0.5, 0.6) is 0 Å². The third-order valence-corrected chi connectivity index (χ3v) is 3.10. The third-order valence-electron chi connectivity index (χ3n) is 2.22. The van der Waals surface area contributed by atoms with E-state index < -0.39 is 0 Å². The van der Waals surface area contributed by atoms with Crippen LogP contribution in [0.25, 0.3) is 0 Å². The lowest BCUT2D eigenvalue weighted by Crippen LogP contribution is -2.11. The van der Waals surface area contributed by atoms with Gasteiger partial charge in [0.25, 0.3) is 5.91 Å². The summed E-state index contributed by atoms with van der Waals surface area (Å²) in [5.41, 5.74) is 1.16. The molecule has 0 fully saturated rings. The first-order valence-corrected chi connectivity index (χ1v) is 6.43. The Hall–Kier alpha value is -2.46. The molecule has 0 aliphatic carbocycles. The fraction of sp³-hybridized carbons (Fsp3) is 0.167. The van der Waals surface area contributed by atoms with Gasteiger partial charge in [-0.25, -0.2) is 0 Å². The van der Waals surface area contributed by atoms with Gasteiger partial charge in [-0.2, -0.15) is 5.26 Å². The maximum atomic E-state index is 11.9. The first kappa shape index (κ1) is 13.0. The van der Waals surface area contributed by atoms with Crippen LogP contribution in [-0.4, -0.2) is 22.6 Å². The first-order valence-electron chi connectivity index (χ1n) is 5.62. The molecular weight excluding hydrogens is 262 g/mol. The van der Waals surface area contributed by atoms with Gasteiger partial charge in [0.2, 0.25) is 10.1 Å². The number of nitriles is 1. The predicted molar refractivity (Wildman–Crippen MR) is 73.2 cm³/mol. The lowest BCUT2D eigenvalue weighted by Gasteiger charge is -2.01. The molecule has 2 rings (SSSR count). The van der Waals surface area contributed by atoms with E-state index in [0.29, 0.717) is 21.4 Å². The summed E-state index contributed by atoms with van der Waals surface area (Å²) in [4.78, 5) is 11.9. The number of nitrogens with one attached hydrogen (secondary N) is 2. The molecule has 0 unspecified atom stereocenters. The van der Waals surface area contributed by atoms with Gasteiger partial charge in [-0.15, -0.1) is 10.2 Å². The number of anilines is 2. The van der Waals surface area contributed by atoms with Crippen LogP contribution in [0.15, 0.2) is 24.3 Å². The van der Waals surface area contributed by atoms with E-state index in [-0.39, 0.29) is 5.91 Å². The normalized spacial score (nSPS) is 9.68. The predicted octanol–water partition coefficient (Wildman–Crippen LogP) is 2.09. The molecule has 0 atom stereocenters. The van der Waals surface area contributed by atoms with E-state index in [2.05, 4.69) is 20.8 Å². The molecule has 96 valence electrons. The van der Waals surface area contributed by atoms with Gasteiger partial charge in [0.05, 0.1) is 11.6 Å². The highest BCUT2D eigenvalue weighted by Gasteiger charge is 2.12. The molecule has 7 heteroatoms. The highest BCUT2D eigenvalue weighted by Crippen LogP contribution is 2.17. The van der Waals surface area contributed by atoms with E-state index in [4.69, 9.17) is 5.26 Å². The van der Waals surface area contributed by atoms with Gasteiger partial charge in [-0.05, 0) is 31.2 Å². The minimum Gasteiger partial charge on any atom is -0.360 e. The average Bonchev–Trinajstić information content (AvgIpc) is 2.89. The van der Waals surface area contributed by atoms with Gasteiger partial charge >= 0.3 is 0 Å². The Labute approximate surface area is 114 Å². The Morgan fingerprint density at radius 3 is 2.74 bits per heavy atom. The van der Waals surface area contributed by atoms with Crippen molar-refractivity contribution in [1.82, 2.24) is 10.2 Å². The van der Waals surface area contributed by atoms with Crippen molar-refractivity contribution in [3.8, 4) is 6.07 Å². The van der Waals surface area contributed by atoms with Crippen molar-refractivity contribution in [2.24, 2.45) is 0 Å². The number of aromatic nitrogens is 2. The summed E-state index contributed by atoms with van der Waals surface area (Å²) in [6.45, 7) is 2.67. The Morgan fingerprint density at radius 1 is 1.37 bits per heavy atom. The number of amides is 1. The van der Waals surface area contributed by atoms with Crippen molar-refractivity contribution in [2.75, 3.05) is 17.2 Å². The molecule has 0 radical (unpaired) electrons. The van der Waals surface area contributed by atoms with E-state index in [1.54, 1.807) is 24.3 Å². The Bertz CT molecular complexity index is 614. The lowest BCUT2D eigenvalue weighted by molar-refractivity contribution is 0.102. The zero-order valence-corrected chi connectivity index (χ0v) is 11.0. The Kier molecular flexibility index (Phi) is 4.05. The molecule has 1 amide bonds. The fourth-order valence-electron chi connectivity index (χ4n) is 1.35. The molecule has 6 nitrogen and oxygen atoms in total. The van der Waals surface area contributed by atoms with Gasteiger partial charge in [-0.1, -0.05) is 11.3 Å². The molecule has 0 bridgehead atoms. The minimum absolute atomic E-state index is 0.292. The quantitative estimate of drug-likeness (QED) is 0.890. The number of carbonyl (C=O) groups is 1. The summed E-state index contributed by atoms with van der Waals surface area (Å²) >= 11 is 1.19. The molecule has 1 heterocycles. The Morgan fingerprint density at radius 2 is 2.11 bits per heavy atom. The van der Waals surface area contributed by atoms with Crippen LogP contribution >= 0.6 is 11.3 Å². The average molecular weight is 273 g/mol. The summed E-state index contributed by atoms with van der Waals surface area (Å²) in [5, 5.41) is 22.9. The van der Waals surface area contributed by atoms with E-state index in [1.165, 1.54) is 11.3 Å². The van der Waals surface area contributed by atoms with E-state index >= 15 is 0 Å². The molecule has 0 spiro atoms. The van der Waals surface area contributed by atoms with Gasteiger partial charge in [0.1, 0.15) is 0 Å². The van der Waals surface area contributed by atoms with Crippen molar-refractivity contribution in [3.63, 3.8) is 0 Å². The highest BCUT2D eigenvalue weighted by molar-refractivity contribution is 7.17. The molecular formula is C12H11N5OS. The molecule has 1 aromatic heterocycles. The van der Waals surface area contributed by atoms with Crippen molar-refractivity contribution in [2.45, 2.75) is 6.92 Å². The smallest absolute Gasteiger partial charge is 0.286 e. The molecule has 1 aromatic carbocycles. The second-order valence-electron chi connectivity index (χ2n) is 3.59. The van der Waals surface area contributed by atoms with Crippen molar-refractivity contribution in [3.05, 3.63) is 34.8 Å². The van der Waals surface area contributed by atoms with Crippen LogP contribution in [-0.2, 0) is 0 Å². The zero-order chi connectivity index (χ0) is 13.7. The third kappa shape index (κ3) is 3.26. The molecule has 0 aliphatic rings. The van der Waals surface area contributed by atoms with Gasteiger partial charge < -0.3 is 10.6 Å². The molecule has 0 aliphatic heterocycles. The topological polar surface area (TPSA) is 90.7 Å². The van der Waals surface area contributed by atoms with Crippen LogP contribution in [0.4, 0.5) is 10.8 Å². The fourth-order valence-corrected chi connectivity index (χ4v) is 2.06. The highest BCUT2D eigenvalue weighted by atomic mass is 32.1. The molecule has 0 saturated carbocycles. The van der Waals surface area contributed by atoms with Crippen LogP contribution in [0.1, 0.15) is 22.3 Å². The van der Waals surface area contributed by atoms with E-state index in [0.717, 1.165) is 6.54 Å². The summed E-state index contributed by atoms with van der Waals surface area (Å²) in [6, 6.07) is 8.63. The molecule has 2 aromatic rings. The van der Waals surface area contributed by atoms with E-state index in [9.17, 15) is 4.79 Å². The number of carbonyl (C=O) groups excluding carboxylic acids is 1. The number of benzene rings is 1. The van der Waals surface area contributed by atoms with Crippen molar-refractivity contribution < 1.29 is 4.79 Å². The Balaban J connectivity index is 2.05. The largest absolute Gasteiger partial charge is 0.360 e. The number of hydrogen-bond donors (Lipinski definition) is 2. The number of hydrogen-bond acceptors (Lipinski definition) is 6. The van der Waals surface area contributed by atoms with Gasteiger partial charge in [0, 0.05) is 12.2 Å². The van der Waals surface area contributed by atoms with Crippen LogP contribution in [0.2, 0.25) is 0 Å². The van der Waals surface area contributed by atoms with Crippen LogP contribution in [0, 0.1) is 11.3 Å².